The molecule has 6 rings (SSSR count). The number of fused-ring (bicyclic) bond motifs is 2. The Balaban J connectivity index is 1.43. The van der Waals surface area contributed by atoms with Gasteiger partial charge in [0.1, 0.15) is 36.8 Å². The average Bonchev–Trinajstić information content (AvgIpc) is 3.65. The van der Waals surface area contributed by atoms with Crippen LogP contribution in [0.1, 0.15) is 112 Å². The zero-order chi connectivity index (χ0) is 50.4. The highest BCUT2D eigenvalue weighted by Crippen LogP contribution is 2.47. The van der Waals surface area contributed by atoms with E-state index in [-0.39, 0.29) is 37.9 Å². The van der Waals surface area contributed by atoms with Gasteiger partial charge in [0.25, 0.3) is 0 Å². The highest BCUT2D eigenvalue weighted by Gasteiger charge is 2.57. The number of carbonyl (C=O) groups excluding carboxylic acids is 4. The molecule has 69 heavy (non-hydrogen) atoms. The number of methoxy groups -OCH3 is 2. The first-order chi connectivity index (χ1) is 32.6. The van der Waals surface area contributed by atoms with Crippen LogP contribution in [0, 0.1) is 17.8 Å². The minimum atomic E-state index is -1.54. The van der Waals surface area contributed by atoms with E-state index in [1.807, 2.05) is 109 Å². The molecule has 4 aliphatic heterocycles. The summed E-state index contributed by atoms with van der Waals surface area (Å²) in [6.45, 7) is 18.4. The normalized spacial score (nSPS) is 36.5. The molecule has 0 aliphatic carbocycles. The van der Waals surface area contributed by atoms with Gasteiger partial charge in [-0.3, -0.25) is 9.59 Å². The van der Waals surface area contributed by atoms with Gasteiger partial charge in [-0.1, -0.05) is 74.5 Å². The maximum absolute atomic E-state index is 14.7. The number of hydrogen-bond donors (Lipinski definition) is 0. The zero-order valence-electron chi connectivity index (χ0n) is 42.7. The number of amides is 1. The molecule has 0 spiro atoms. The van der Waals surface area contributed by atoms with Crippen LogP contribution in [-0.4, -0.2) is 122 Å². The first kappa shape index (κ1) is 53.8. The SMILES string of the molecule is CCC1OC(=O)C(C)C(O[C@H]2C[C@@](C)(OC)CC(C)O2)C(C)[C@@H](OC2OC(C)CC(N(C)C(=O)OCc3ccccc3)[C@H]2OC(=O)OCc2ccccc2)[C@]2(C)CC(C)=C(O2)[C@H](C)C(=O)[C@]1(C)OC. The number of hydrogen-bond acceptors (Lipinski definition) is 15. The van der Waals surface area contributed by atoms with Crippen molar-refractivity contribution in [3.05, 3.63) is 83.1 Å². The second-order valence-corrected chi connectivity index (χ2v) is 20.1. The van der Waals surface area contributed by atoms with Gasteiger partial charge >= 0.3 is 18.2 Å². The molecule has 382 valence electrons. The third-order valence-electron chi connectivity index (χ3n) is 14.6. The predicted molar refractivity (Wildman–Crippen MR) is 252 cm³/mol. The third-order valence-corrected chi connectivity index (χ3v) is 14.6. The summed E-state index contributed by atoms with van der Waals surface area (Å²) in [5.41, 5.74) is -1.05. The van der Waals surface area contributed by atoms with Crippen molar-refractivity contribution in [1.29, 1.82) is 0 Å². The Labute approximate surface area is 407 Å². The van der Waals surface area contributed by atoms with Gasteiger partial charge in [-0.2, -0.15) is 0 Å². The summed E-state index contributed by atoms with van der Waals surface area (Å²) in [5.74, 6) is -3.05. The summed E-state index contributed by atoms with van der Waals surface area (Å²) < 4.78 is 70.2. The number of allylic oxidation sites excluding steroid dienone is 1. The lowest BCUT2D eigenvalue weighted by molar-refractivity contribution is -0.308. The molecule has 0 aromatic heterocycles. The molecule has 2 aromatic carbocycles. The molecule has 15 atom stereocenters. The van der Waals surface area contributed by atoms with Gasteiger partial charge in [-0.15, -0.1) is 0 Å². The number of ketones is 1. The van der Waals surface area contributed by atoms with Crippen LogP contribution in [0.2, 0.25) is 0 Å². The van der Waals surface area contributed by atoms with Crippen LogP contribution in [0.25, 0.3) is 0 Å². The second-order valence-electron chi connectivity index (χ2n) is 20.1. The van der Waals surface area contributed by atoms with E-state index >= 15 is 0 Å². The lowest BCUT2D eigenvalue weighted by Gasteiger charge is -2.48. The van der Waals surface area contributed by atoms with Gasteiger partial charge in [0, 0.05) is 46.4 Å². The Bertz CT molecular complexity index is 2100. The van der Waals surface area contributed by atoms with Crippen LogP contribution in [0.15, 0.2) is 72.0 Å². The number of carbonyl (C=O) groups is 4. The largest absolute Gasteiger partial charge is 0.509 e. The number of rotatable bonds is 13. The number of esters is 1. The Kier molecular flexibility index (Phi) is 17.7. The van der Waals surface area contributed by atoms with E-state index < -0.39 is 102 Å². The second kappa shape index (κ2) is 22.7. The highest BCUT2D eigenvalue weighted by atomic mass is 16.8. The molecule has 3 saturated heterocycles. The number of Topliss-reactive ketones (excluding diaryl/α,β-unsaturated/α-hetero) is 1. The number of cyclic esters (lactones) is 1. The molecule has 0 saturated carbocycles. The molecule has 16 nitrogen and oxygen atoms in total. The minimum absolute atomic E-state index is 0.00973. The van der Waals surface area contributed by atoms with Crippen LogP contribution in [0.4, 0.5) is 9.59 Å². The van der Waals surface area contributed by atoms with E-state index in [1.165, 1.54) is 12.0 Å². The lowest BCUT2D eigenvalue weighted by atomic mass is 9.79. The van der Waals surface area contributed by atoms with Gasteiger partial charge in [0.15, 0.2) is 30.1 Å². The van der Waals surface area contributed by atoms with Crippen molar-refractivity contribution in [3.63, 3.8) is 0 Å². The summed E-state index contributed by atoms with van der Waals surface area (Å²) in [4.78, 5) is 58.5. The fourth-order valence-corrected chi connectivity index (χ4v) is 10.6. The van der Waals surface area contributed by atoms with E-state index in [4.69, 9.17) is 52.1 Å². The molecule has 2 aromatic rings. The predicted octanol–water partition coefficient (Wildman–Crippen LogP) is 8.85. The molecule has 0 radical (unpaired) electrons. The van der Waals surface area contributed by atoms with Gasteiger partial charge in [-0.25, -0.2) is 9.59 Å². The lowest BCUT2D eigenvalue weighted by Crippen LogP contribution is -2.61. The van der Waals surface area contributed by atoms with Gasteiger partial charge in [-0.05, 0) is 84.9 Å². The molecule has 4 aliphatic rings. The van der Waals surface area contributed by atoms with E-state index in [9.17, 15) is 19.2 Å². The van der Waals surface area contributed by atoms with Gasteiger partial charge in [0.2, 0.25) is 0 Å². The Hall–Kier alpha value is -4.58. The third kappa shape index (κ3) is 12.3. The van der Waals surface area contributed by atoms with Crippen molar-refractivity contribution in [1.82, 2.24) is 4.90 Å². The van der Waals surface area contributed by atoms with Crippen LogP contribution >= 0.6 is 0 Å². The average molecular weight is 966 g/mol. The highest BCUT2D eigenvalue weighted by molar-refractivity contribution is 5.92. The summed E-state index contributed by atoms with van der Waals surface area (Å²) in [5, 5.41) is 0. The van der Waals surface area contributed by atoms with E-state index in [0.717, 1.165) is 16.7 Å². The number of ether oxygens (including phenoxy) is 11. The summed E-state index contributed by atoms with van der Waals surface area (Å²) in [6.07, 6.45) is -7.12. The van der Waals surface area contributed by atoms with Gasteiger partial charge < -0.3 is 57.0 Å². The fraction of sp³-hybridized carbons (Fsp3) is 0.660. The van der Waals surface area contributed by atoms with Crippen LogP contribution in [0.3, 0.4) is 0 Å². The molecular weight excluding hydrogens is 891 g/mol. The van der Waals surface area contributed by atoms with Crippen LogP contribution < -0.4 is 0 Å². The summed E-state index contributed by atoms with van der Waals surface area (Å²) >= 11 is 0. The van der Waals surface area contributed by atoms with E-state index in [0.29, 0.717) is 25.0 Å². The topological polar surface area (TPSA) is 173 Å². The summed E-state index contributed by atoms with van der Waals surface area (Å²) in [6, 6.07) is 17.6. The van der Waals surface area contributed by atoms with E-state index in [2.05, 4.69) is 0 Å². The van der Waals surface area contributed by atoms with Crippen molar-refractivity contribution in [3.8, 4) is 0 Å². The van der Waals surface area contributed by atoms with Crippen LogP contribution in [-0.2, 0) is 74.9 Å². The first-order valence-electron chi connectivity index (χ1n) is 24.3. The number of nitrogens with zero attached hydrogens (tertiary/aromatic N) is 1. The van der Waals surface area contributed by atoms with Crippen LogP contribution in [0.5, 0.6) is 0 Å². The quantitative estimate of drug-likeness (QED) is 0.138. The maximum atomic E-state index is 14.7. The number of benzene rings is 2. The van der Waals surface area contributed by atoms with Crippen molar-refractivity contribution in [2.45, 2.75) is 187 Å². The Morgan fingerprint density at radius 2 is 1.42 bits per heavy atom. The summed E-state index contributed by atoms with van der Waals surface area (Å²) in [7, 11) is 4.66. The molecule has 8 unspecified atom stereocenters. The molecule has 4 heterocycles. The Morgan fingerprint density at radius 1 is 0.797 bits per heavy atom. The van der Waals surface area contributed by atoms with Crippen molar-refractivity contribution < 1.29 is 71.3 Å². The molecule has 3 fully saturated rings. The first-order valence-corrected chi connectivity index (χ1v) is 24.3. The molecular formula is C53H75NO15. The monoisotopic (exact) mass is 966 g/mol. The van der Waals surface area contributed by atoms with Crippen molar-refractivity contribution in [2.75, 3.05) is 21.3 Å². The van der Waals surface area contributed by atoms with Gasteiger partial charge in [0.05, 0.1) is 41.8 Å². The minimum Gasteiger partial charge on any atom is -0.488 e. The van der Waals surface area contributed by atoms with Crippen molar-refractivity contribution >= 4 is 24.0 Å². The molecule has 16 heteroatoms. The number of likely N-dealkylation sites (N-methyl/N-ethyl adjacent to an activating group) is 1. The molecule has 2 bridgehead atoms. The Morgan fingerprint density at radius 3 is 2.01 bits per heavy atom. The molecule has 0 N–H and O–H groups in total. The molecule has 1 amide bonds. The zero-order valence-corrected chi connectivity index (χ0v) is 42.7. The smallest absolute Gasteiger partial charge is 0.488 e. The fourth-order valence-electron chi connectivity index (χ4n) is 10.6. The maximum Gasteiger partial charge on any atom is 0.509 e. The standard InChI is InChI=1S/C53H75NO15/c1-14-40-53(10,60-13)45(55)34(5)42-31(2)26-52(9,69-42)46(35(6)43(36(7)47(56)65-40)66-41-28-51(8,59-12)27-33(4)63-41)68-48-44(67-50(58)62-30-38-23-19-16-20-24-38)39(25-32(3)64-48)54(11)49(57)61-29-37-21-17-15-18-22-37/h15-24,32-36,39-41,43-44,46,48H,14,25-30H2,1-13H3/t32?,33?,34-,35?,36?,39?,40?,41-,43?,44+,46+,48?,51-,52-,53+/m0/s1. The van der Waals surface area contributed by atoms with Crippen molar-refractivity contribution in [2.24, 2.45) is 17.8 Å². The van der Waals surface area contributed by atoms with E-state index in [1.54, 1.807) is 34.9 Å².